The van der Waals surface area contributed by atoms with Crippen molar-refractivity contribution < 1.29 is 24.2 Å². The Labute approximate surface area is 165 Å². The molecule has 0 aliphatic carbocycles. The minimum Gasteiger partial charge on any atom is -0.482 e. The predicted molar refractivity (Wildman–Crippen MR) is 104 cm³/mol. The number of nitrogens with one attached hydrogen (secondary N) is 1. The smallest absolute Gasteiger partial charge is 0.341 e. The predicted octanol–water partition coefficient (Wildman–Crippen LogP) is 1.14. The van der Waals surface area contributed by atoms with E-state index in [-0.39, 0.29) is 12.3 Å². The van der Waals surface area contributed by atoms with Crippen LogP contribution in [0.5, 0.6) is 5.75 Å². The van der Waals surface area contributed by atoms with Gasteiger partial charge in [-0.2, -0.15) is 5.10 Å². The molecule has 0 bridgehead atoms. The third-order valence-electron chi connectivity index (χ3n) is 3.81. The molecule has 3 rings (SSSR count). The summed E-state index contributed by atoms with van der Waals surface area (Å²) >= 11 is 1.52. The molecular weight excluding hydrogens is 384 g/mol. The molecule has 1 fully saturated rings. The number of morpholine rings is 1. The monoisotopic (exact) mass is 404 g/mol. The van der Waals surface area contributed by atoms with Crippen molar-refractivity contribution in [2.24, 2.45) is 5.10 Å². The molecule has 0 saturated carbocycles. The molecule has 0 radical (unpaired) electrons. The Bertz CT molecular complexity index is 831. The lowest BCUT2D eigenvalue weighted by Crippen LogP contribution is -2.36. The number of nitrogens with zero attached hydrogens (tertiary/aromatic N) is 3. The Morgan fingerprint density at radius 1 is 1.32 bits per heavy atom. The second-order valence-electron chi connectivity index (χ2n) is 5.94. The highest BCUT2D eigenvalue weighted by molar-refractivity contribution is 7.13. The van der Waals surface area contributed by atoms with Crippen molar-refractivity contribution in [3.63, 3.8) is 0 Å². The molecule has 0 atom stereocenters. The maximum atomic E-state index is 12.0. The Kier molecular flexibility index (Phi) is 6.93. The number of benzene rings is 1. The molecular formula is C18H20N4O5S. The Hall–Kier alpha value is -2.98. The first-order valence-electron chi connectivity index (χ1n) is 8.64. The first-order valence-corrected chi connectivity index (χ1v) is 9.52. The van der Waals surface area contributed by atoms with Crippen LogP contribution in [0.1, 0.15) is 11.3 Å². The maximum absolute atomic E-state index is 12.0. The van der Waals surface area contributed by atoms with Crippen LogP contribution in [0.3, 0.4) is 0 Å². The first-order chi connectivity index (χ1) is 13.6. The molecule has 2 aromatic rings. The van der Waals surface area contributed by atoms with E-state index in [0.717, 1.165) is 23.8 Å². The number of rotatable bonds is 8. The number of carbonyl (C=O) groups excluding carboxylic acids is 1. The summed E-state index contributed by atoms with van der Waals surface area (Å²) in [6.45, 7) is 2.61. The Morgan fingerprint density at radius 3 is 2.79 bits per heavy atom. The van der Waals surface area contributed by atoms with E-state index in [1.54, 1.807) is 24.3 Å². The average Bonchev–Trinajstić information content (AvgIpc) is 3.16. The normalized spacial score (nSPS) is 14.2. The molecule has 1 aromatic heterocycles. The fraction of sp³-hybridized carbons (Fsp3) is 0.333. The fourth-order valence-electron chi connectivity index (χ4n) is 2.46. The molecule has 1 aromatic carbocycles. The van der Waals surface area contributed by atoms with Crippen LogP contribution in [0.25, 0.3) is 0 Å². The van der Waals surface area contributed by atoms with Gasteiger partial charge < -0.3 is 19.5 Å². The van der Waals surface area contributed by atoms with E-state index in [9.17, 15) is 9.59 Å². The van der Waals surface area contributed by atoms with Crippen LogP contribution >= 0.6 is 11.3 Å². The highest BCUT2D eigenvalue weighted by Crippen LogP contribution is 2.21. The summed E-state index contributed by atoms with van der Waals surface area (Å²) in [7, 11) is 0. The number of carboxylic acid groups (broad SMARTS) is 1. The number of hydrogen-bond donors (Lipinski definition) is 2. The third-order valence-corrected chi connectivity index (χ3v) is 4.76. The first kappa shape index (κ1) is 19.8. The van der Waals surface area contributed by atoms with Crippen molar-refractivity contribution in [1.29, 1.82) is 0 Å². The van der Waals surface area contributed by atoms with Gasteiger partial charge in [0.25, 0.3) is 0 Å². The van der Waals surface area contributed by atoms with Crippen molar-refractivity contribution in [1.82, 2.24) is 10.4 Å². The number of aromatic nitrogens is 1. The van der Waals surface area contributed by atoms with Gasteiger partial charge in [0, 0.05) is 18.5 Å². The van der Waals surface area contributed by atoms with Gasteiger partial charge in [-0.3, -0.25) is 4.79 Å². The van der Waals surface area contributed by atoms with Crippen LogP contribution in [-0.4, -0.2) is 61.1 Å². The van der Waals surface area contributed by atoms with E-state index in [4.69, 9.17) is 14.6 Å². The molecule has 1 amide bonds. The number of carboxylic acids is 1. The van der Waals surface area contributed by atoms with E-state index in [2.05, 4.69) is 20.4 Å². The van der Waals surface area contributed by atoms with Gasteiger partial charge in [-0.05, 0) is 29.8 Å². The van der Waals surface area contributed by atoms with Crippen LogP contribution in [0.4, 0.5) is 5.13 Å². The third kappa shape index (κ3) is 6.03. The summed E-state index contributed by atoms with van der Waals surface area (Å²) in [5.74, 6) is -0.842. The quantitative estimate of drug-likeness (QED) is 0.501. The summed E-state index contributed by atoms with van der Waals surface area (Å²) in [6, 6.07) is 6.69. The standard InChI is InChI=1S/C18H20N4O5S/c23-16(9-14-12-28-18(20-14)22-5-7-26-8-6-22)21-19-10-13-1-3-15(4-2-13)27-11-17(24)25/h1-4,10,12H,5-9,11H2,(H,21,23)(H,24,25)/b19-10-. The van der Waals surface area contributed by atoms with Crippen LogP contribution in [0.15, 0.2) is 34.7 Å². The summed E-state index contributed by atoms with van der Waals surface area (Å²) in [6.07, 6.45) is 1.65. The van der Waals surface area contributed by atoms with Crippen LogP contribution < -0.4 is 15.1 Å². The number of hydrazone groups is 1. The van der Waals surface area contributed by atoms with Crippen molar-refractivity contribution in [2.45, 2.75) is 6.42 Å². The molecule has 28 heavy (non-hydrogen) atoms. The zero-order valence-electron chi connectivity index (χ0n) is 15.0. The number of hydrogen-bond acceptors (Lipinski definition) is 8. The van der Waals surface area contributed by atoms with Crippen LogP contribution in [-0.2, 0) is 20.7 Å². The van der Waals surface area contributed by atoms with Gasteiger partial charge in [0.1, 0.15) is 5.75 Å². The molecule has 0 spiro atoms. The molecule has 148 valence electrons. The number of ether oxygens (including phenoxy) is 2. The number of thiazole rings is 1. The molecule has 9 nitrogen and oxygen atoms in total. The summed E-state index contributed by atoms with van der Waals surface area (Å²) < 4.78 is 10.4. The van der Waals surface area contributed by atoms with Crippen molar-refractivity contribution >= 4 is 34.6 Å². The molecule has 2 N–H and O–H groups in total. The number of aliphatic carboxylic acids is 1. The molecule has 10 heteroatoms. The Morgan fingerprint density at radius 2 is 2.07 bits per heavy atom. The molecule has 1 aliphatic rings. The zero-order chi connectivity index (χ0) is 19.8. The second kappa shape index (κ2) is 9.81. The van der Waals surface area contributed by atoms with Crippen molar-refractivity contribution in [2.75, 3.05) is 37.8 Å². The lowest BCUT2D eigenvalue weighted by molar-refractivity contribution is -0.139. The topological polar surface area (TPSA) is 113 Å². The summed E-state index contributed by atoms with van der Waals surface area (Å²) in [5, 5.41) is 15.3. The number of amides is 1. The minimum absolute atomic E-state index is 0.153. The van der Waals surface area contributed by atoms with Gasteiger partial charge in [0.05, 0.1) is 31.5 Å². The Balaban J connectivity index is 1.45. The second-order valence-corrected chi connectivity index (χ2v) is 6.78. The lowest BCUT2D eigenvalue weighted by Gasteiger charge is -2.26. The highest BCUT2D eigenvalue weighted by Gasteiger charge is 2.15. The van der Waals surface area contributed by atoms with E-state index >= 15 is 0 Å². The summed E-state index contributed by atoms with van der Waals surface area (Å²) in [4.78, 5) is 29.1. The SMILES string of the molecule is O=C(O)COc1ccc(/C=N\NC(=O)Cc2csc(N3CCOCC3)n2)cc1. The van der Waals surface area contributed by atoms with Gasteiger partial charge in [-0.1, -0.05) is 0 Å². The van der Waals surface area contributed by atoms with Crippen LogP contribution in [0, 0.1) is 0 Å². The van der Waals surface area contributed by atoms with Gasteiger partial charge in [0.2, 0.25) is 5.91 Å². The van der Waals surface area contributed by atoms with Gasteiger partial charge >= 0.3 is 5.97 Å². The van der Waals surface area contributed by atoms with E-state index in [1.807, 2.05) is 5.38 Å². The number of carbonyl (C=O) groups is 2. The largest absolute Gasteiger partial charge is 0.482 e. The summed E-state index contributed by atoms with van der Waals surface area (Å²) in [5.41, 5.74) is 3.93. The van der Waals surface area contributed by atoms with E-state index in [1.165, 1.54) is 17.6 Å². The van der Waals surface area contributed by atoms with E-state index in [0.29, 0.717) is 24.7 Å². The maximum Gasteiger partial charge on any atom is 0.341 e. The molecule has 1 saturated heterocycles. The molecule has 0 unspecified atom stereocenters. The fourth-order valence-corrected chi connectivity index (χ4v) is 3.33. The van der Waals surface area contributed by atoms with Crippen LogP contribution in [0.2, 0.25) is 0 Å². The highest BCUT2D eigenvalue weighted by atomic mass is 32.1. The average molecular weight is 404 g/mol. The minimum atomic E-state index is -1.04. The molecule has 2 heterocycles. The number of anilines is 1. The van der Waals surface area contributed by atoms with Gasteiger partial charge in [0.15, 0.2) is 11.7 Å². The molecule has 1 aliphatic heterocycles. The lowest BCUT2D eigenvalue weighted by atomic mass is 10.2. The van der Waals surface area contributed by atoms with E-state index < -0.39 is 12.6 Å². The van der Waals surface area contributed by atoms with Crippen molar-refractivity contribution in [3.8, 4) is 5.75 Å². The van der Waals surface area contributed by atoms with Gasteiger partial charge in [-0.15, -0.1) is 11.3 Å². The van der Waals surface area contributed by atoms with Gasteiger partial charge in [-0.25, -0.2) is 15.2 Å². The van der Waals surface area contributed by atoms with Crippen molar-refractivity contribution in [3.05, 3.63) is 40.9 Å². The zero-order valence-corrected chi connectivity index (χ0v) is 15.9.